The lowest BCUT2D eigenvalue weighted by Crippen LogP contribution is -2.50. The van der Waals surface area contributed by atoms with Gasteiger partial charge in [0.1, 0.15) is 5.76 Å². The lowest BCUT2D eigenvalue weighted by Gasteiger charge is -2.34. The van der Waals surface area contributed by atoms with Crippen molar-refractivity contribution >= 4 is 15.9 Å². The van der Waals surface area contributed by atoms with E-state index in [1.807, 2.05) is 52.0 Å². The molecule has 170 valence electrons. The maximum absolute atomic E-state index is 13.2. The van der Waals surface area contributed by atoms with E-state index in [0.29, 0.717) is 30.1 Å². The summed E-state index contributed by atoms with van der Waals surface area (Å²) in [7, 11) is -3.57. The molecule has 8 heteroatoms. The quantitative estimate of drug-likeness (QED) is 0.590. The number of aryl methyl sites for hydroxylation is 3. The lowest BCUT2D eigenvalue weighted by molar-refractivity contribution is 0.0697. The number of piperazine rings is 1. The summed E-state index contributed by atoms with van der Waals surface area (Å²) in [6, 6.07) is 10.9. The molecule has 1 aromatic carbocycles. The standard InChI is InChI=1S/C24H29N3O4S/c1-17-7-8-22(14-18(17)2)32(29,30)26-11-9-25(10-12-26)24(28)23-15-19(3)27(20(23)4)16-21-6-5-13-31-21/h5-8,13-15H,9-12,16H2,1-4H3. The van der Waals surface area contributed by atoms with Crippen molar-refractivity contribution in [2.45, 2.75) is 39.1 Å². The molecule has 1 fully saturated rings. The number of furan rings is 1. The van der Waals surface area contributed by atoms with E-state index >= 15 is 0 Å². The highest BCUT2D eigenvalue weighted by Gasteiger charge is 2.31. The highest BCUT2D eigenvalue weighted by molar-refractivity contribution is 7.89. The molecule has 1 aliphatic rings. The van der Waals surface area contributed by atoms with E-state index in [9.17, 15) is 13.2 Å². The zero-order valence-electron chi connectivity index (χ0n) is 19.0. The average molecular weight is 456 g/mol. The van der Waals surface area contributed by atoms with Gasteiger partial charge < -0.3 is 13.9 Å². The minimum Gasteiger partial charge on any atom is -0.467 e. The first-order valence-electron chi connectivity index (χ1n) is 10.7. The van der Waals surface area contributed by atoms with E-state index in [0.717, 1.165) is 28.3 Å². The molecule has 2 aromatic heterocycles. The van der Waals surface area contributed by atoms with E-state index in [4.69, 9.17) is 4.42 Å². The number of aromatic nitrogens is 1. The van der Waals surface area contributed by atoms with Crippen LogP contribution in [0.25, 0.3) is 0 Å². The number of amides is 1. The van der Waals surface area contributed by atoms with Gasteiger partial charge in [0, 0.05) is 37.6 Å². The van der Waals surface area contributed by atoms with Crippen LogP contribution < -0.4 is 0 Å². The van der Waals surface area contributed by atoms with E-state index in [-0.39, 0.29) is 19.0 Å². The Morgan fingerprint density at radius 3 is 2.31 bits per heavy atom. The van der Waals surface area contributed by atoms with Gasteiger partial charge in [-0.25, -0.2) is 8.42 Å². The number of carbonyl (C=O) groups excluding carboxylic acids is 1. The van der Waals surface area contributed by atoms with Gasteiger partial charge in [0.05, 0.1) is 23.3 Å². The van der Waals surface area contributed by atoms with Crippen LogP contribution in [0.1, 0.15) is 38.6 Å². The second kappa shape index (κ2) is 8.60. The summed E-state index contributed by atoms with van der Waals surface area (Å²) in [5.74, 6) is 0.767. The maximum Gasteiger partial charge on any atom is 0.255 e. The molecule has 0 saturated carbocycles. The van der Waals surface area contributed by atoms with E-state index in [2.05, 4.69) is 4.57 Å². The van der Waals surface area contributed by atoms with Crippen molar-refractivity contribution in [2.75, 3.05) is 26.2 Å². The SMILES string of the molecule is Cc1ccc(S(=O)(=O)N2CCN(C(=O)c3cc(C)n(Cc4ccco4)c3C)CC2)cc1C. The highest BCUT2D eigenvalue weighted by atomic mass is 32.2. The molecule has 0 aliphatic carbocycles. The van der Waals surface area contributed by atoms with Crippen LogP contribution in [0, 0.1) is 27.7 Å². The fourth-order valence-electron chi connectivity index (χ4n) is 4.14. The first-order valence-corrected chi connectivity index (χ1v) is 12.2. The van der Waals surface area contributed by atoms with Crippen molar-refractivity contribution in [3.8, 4) is 0 Å². The molecule has 32 heavy (non-hydrogen) atoms. The topological polar surface area (TPSA) is 75.8 Å². The van der Waals surface area contributed by atoms with Gasteiger partial charge >= 0.3 is 0 Å². The van der Waals surface area contributed by atoms with Crippen molar-refractivity contribution < 1.29 is 17.6 Å². The van der Waals surface area contributed by atoms with E-state index in [1.54, 1.807) is 23.3 Å². The molecular formula is C24H29N3O4S. The third kappa shape index (κ3) is 4.12. The Balaban J connectivity index is 1.46. The molecule has 3 heterocycles. The molecule has 1 aliphatic heterocycles. The van der Waals surface area contributed by atoms with Crippen LogP contribution in [0.15, 0.2) is 52.0 Å². The van der Waals surface area contributed by atoms with E-state index < -0.39 is 10.0 Å². The number of hydrogen-bond acceptors (Lipinski definition) is 4. The summed E-state index contributed by atoms with van der Waals surface area (Å²) in [6.45, 7) is 9.65. The Bertz CT molecular complexity index is 1230. The normalized spacial score (nSPS) is 15.3. The van der Waals surface area contributed by atoms with Gasteiger partial charge in [-0.15, -0.1) is 0 Å². The Morgan fingerprint density at radius 2 is 1.69 bits per heavy atom. The number of rotatable bonds is 5. The molecule has 0 N–H and O–H groups in total. The summed E-state index contributed by atoms with van der Waals surface area (Å²) in [5, 5.41) is 0. The largest absolute Gasteiger partial charge is 0.467 e. The third-order valence-electron chi connectivity index (χ3n) is 6.34. The Kier molecular flexibility index (Phi) is 6.01. The van der Waals surface area contributed by atoms with Gasteiger partial charge in [-0.3, -0.25) is 4.79 Å². The van der Waals surface area contributed by atoms with Gasteiger partial charge in [-0.2, -0.15) is 4.31 Å². The summed E-state index contributed by atoms with van der Waals surface area (Å²) in [4.78, 5) is 15.3. The number of carbonyl (C=O) groups is 1. The molecule has 0 radical (unpaired) electrons. The number of nitrogens with zero attached hydrogens (tertiary/aromatic N) is 3. The van der Waals surface area contributed by atoms with Crippen LogP contribution >= 0.6 is 0 Å². The third-order valence-corrected chi connectivity index (χ3v) is 8.23. The van der Waals surface area contributed by atoms with Crippen LogP contribution in [-0.2, 0) is 16.6 Å². The van der Waals surface area contributed by atoms with Gasteiger partial charge in [-0.1, -0.05) is 6.07 Å². The zero-order chi connectivity index (χ0) is 23.0. The van der Waals surface area contributed by atoms with Gasteiger partial charge in [-0.05, 0) is 69.2 Å². The average Bonchev–Trinajstić information content (AvgIpc) is 3.39. The predicted molar refractivity (Wildman–Crippen MR) is 122 cm³/mol. The van der Waals surface area contributed by atoms with Gasteiger partial charge in [0.25, 0.3) is 5.91 Å². The fourth-order valence-corrected chi connectivity index (χ4v) is 5.65. The summed E-state index contributed by atoms with van der Waals surface area (Å²) < 4.78 is 35.1. The molecule has 0 bridgehead atoms. The van der Waals surface area contributed by atoms with Crippen LogP contribution in [0.4, 0.5) is 0 Å². The molecule has 1 saturated heterocycles. The first-order chi connectivity index (χ1) is 15.2. The number of benzene rings is 1. The molecule has 0 unspecified atom stereocenters. The Labute approximate surface area is 189 Å². The zero-order valence-corrected chi connectivity index (χ0v) is 19.8. The monoisotopic (exact) mass is 455 g/mol. The predicted octanol–water partition coefficient (Wildman–Crippen LogP) is 3.51. The van der Waals surface area contributed by atoms with Crippen molar-refractivity contribution in [1.82, 2.24) is 13.8 Å². The van der Waals surface area contributed by atoms with Crippen LogP contribution in [-0.4, -0.2) is 54.3 Å². The molecule has 0 atom stereocenters. The Hall–Kier alpha value is -2.84. The van der Waals surface area contributed by atoms with Crippen molar-refractivity contribution in [2.24, 2.45) is 0 Å². The first kappa shape index (κ1) is 22.4. The van der Waals surface area contributed by atoms with Crippen LogP contribution in [0.2, 0.25) is 0 Å². The fraction of sp³-hybridized carbons (Fsp3) is 0.375. The smallest absolute Gasteiger partial charge is 0.255 e. The minimum absolute atomic E-state index is 0.0629. The maximum atomic E-state index is 13.2. The van der Waals surface area contributed by atoms with Gasteiger partial charge in [0.2, 0.25) is 10.0 Å². The Morgan fingerprint density at radius 1 is 0.969 bits per heavy atom. The summed E-state index contributed by atoms with van der Waals surface area (Å²) in [5.41, 5.74) is 4.53. The van der Waals surface area contributed by atoms with Crippen molar-refractivity contribution in [3.05, 3.63) is 76.5 Å². The minimum atomic E-state index is -3.57. The second-order valence-corrected chi connectivity index (χ2v) is 10.3. The van der Waals surface area contributed by atoms with E-state index in [1.165, 1.54) is 4.31 Å². The van der Waals surface area contributed by atoms with Crippen molar-refractivity contribution in [1.29, 1.82) is 0 Å². The summed E-state index contributed by atoms with van der Waals surface area (Å²) in [6.07, 6.45) is 1.64. The van der Waals surface area contributed by atoms with Crippen molar-refractivity contribution in [3.63, 3.8) is 0 Å². The van der Waals surface area contributed by atoms with Crippen LogP contribution in [0.5, 0.6) is 0 Å². The summed E-state index contributed by atoms with van der Waals surface area (Å²) >= 11 is 0. The molecule has 0 spiro atoms. The molecule has 7 nitrogen and oxygen atoms in total. The number of sulfonamides is 1. The van der Waals surface area contributed by atoms with Gasteiger partial charge in [0.15, 0.2) is 0 Å². The second-order valence-electron chi connectivity index (χ2n) is 8.39. The molecular weight excluding hydrogens is 426 g/mol. The molecule has 3 aromatic rings. The van der Waals surface area contributed by atoms with Crippen LogP contribution in [0.3, 0.4) is 0 Å². The molecule has 1 amide bonds. The lowest BCUT2D eigenvalue weighted by atomic mass is 10.1. The number of hydrogen-bond donors (Lipinski definition) is 0. The highest BCUT2D eigenvalue weighted by Crippen LogP contribution is 2.23. The molecule has 4 rings (SSSR count).